The zero-order chi connectivity index (χ0) is 12.2. The van der Waals surface area contributed by atoms with E-state index in [0.717, 1.165) is 11.8 Å². The first-order valence-electron chi connectivity index (χ1n) is 5.79. The van der Waals surface area contributed by atoms with Crippen LogP contribution in [0.15, 0.2) is 36.9 Å². The second-order valence-electron chi connectivity index (χ2n) is 5.06. The molecule has 1 heteroatoms. The van der Waals surface area contributed by atoms with E-state index < -0.39 is 0 Å². The summed E-state index contributed by atoms with van der Waals surface area (Å²) in [6.07, 6.45) is 3.08. The molecule has 1 atom stereocenters. The lowest BCUT2D eigenvalue weighted by molar-refractivity contribution is 0.493. The van der Waals surface area contributed by atoms with Crippen molar-refractivity contribution in [3.8, 4) is 0 Å². The minimum Gasteiger partial charge on any atom is -0.102 e. The summed E-state index contributed by atoms with van der Waals surface area (Å²) in [5.41, 5.74) is 2.94. The fourth-order valence-electron chi connectivity index (χ4n) is 1.66. The first-order chi connectivity index (χ1) is 7.50. The largest absolute Gasteiger partial charge is 0.102 e. The van der Waals surface area contributed by atoms with Gasteiger partial charge >= 0.3 is 0 Å². The first kappa shape index (κ1) is 13.5. The van der Waals surface area contributed by atoms with Crippen LogP contribution >= 0.6 is 15.9 Å². The van der Waals surface area contributed by atoms with Crippen molar-refractivity contribution in [2.24, 2.45) is 5.41 Å². The summed E-state index contributed by atoms with van der Waals surface area (Å²) in [5, 5.41) is 0.954. The fourth-order valence-corrected chi connectivity index (χ4v) is 2.09. The predicted octanol–water partition coefficient (Wildman–Crippen LogP) is 4.94. The highest BCUT2D eigenvalue weighted by atomic mass is 79.9. The van der Waals surface area contributed by atoms with Crippen LogP contribution in [0.2, 0.25) is 0 Å². The Kier molecular flexibility index (Phi) is 4.79. The maximum Gasteiger partial charge on any atom is 0.0123 e. The number of rotatable bonds is 5. The van der Waals surface area contributed by atoms with Crippen LogP contribution in [-0.4, -0.2) is 5.33 Å². The summed E-state index contributed by atoms with van der Waals surface area (Å²) in [5.74, 6) is 0.607. The van der Waals surface area contributed by atoms with Gasteiger partial charge in [-0.15, -0.1) is 6.58 Å². The normalized spacial score (nSPS) is 14.8. The Labute approximate surface area is 108 Å². The summed E-state index contributed by atoms with van der Waals surface area (Å²) in [4.78, 5) is 0. The summed E-state index contributed by atoms with van der Waals surface area (Å²) >= 11 is 3.56. The SMILES string of the molecule is C=CC(C)(CBr)Cc1ccc(C(C)C)cc1. The highest BCUT2D eigenvalue weighted by molar-refractivity contribution is 9.09. The molecular formula is C15H21Br. The monoisotopic (exact) mass is 280 g/mol. The lowest BCUT2D eigenvalue weighted by Gasteiger charge is -2.23. The Hall–Kier alpha value is -0.560. The molecule has 0 nitrogen and oxygen atoms in total. The molecule has 0 aliphatic heterocycles. The van der Waals surface area contributed by atoms with Gasteiger partial charge in [-0.05, 0) is 28.9 Å². The van der Waals surface area contributed by atoms with Crippen LogP contribution in [0.4, 0.5) is 0 Å². The van der Waals surface area contributed by atoms with E-state index in [1.165, 1.54) is 11.1 Å². The van der Waals surface area contributed by atoms with E-state index in [2.05, 4.69) is 67.5 Å². The molecule has 88 valence electrons. The summed E-state index contributed by atoms with van der Waals surface area (Å²) in [7, 11) is 0. The van der Waals surface area contributed by atoms with E-state index in [1.807, 2.05) is 6.08 Å². The molecule has 1 unspecified atom stereocenters. The molecule has 1 aromatic rings. The van der Waals surface area contributed by atoms with Crippen LogP contribution in [0.1, 0.15) is 37.8 Å². The van der Waals surface area contributed by atoms with Gasteiger partial charge in [-0.3, -0.25) is 0 Å². The Bertz CT molecular complexity index is 337. The zero-order valence-corrected chi connectivity index (χ0v) is 12.0. The third-order valence-electron chi connectivity index (χ3n) is 3.05. The van der Waals surface area contributed by atoms with E-state index in [1.54, 1.807) is 0 Å². The van der Waals surface area contributed by atoms with Crippen molar-refractivity contribution in [2.75, 3.05) is 5.33 Å². The van der Waals surface area contributed by atoms with Crippen molar-refractivity contribution in [1.82, 2.24) is 0 Å². The number of halogens is 1. The number of hydrogen-bond acceptors (Lipinski definition) is 0. The first-order valence-corrected chi connectivity index (χ1v) is 6.91. The predicted molar refractivity (Wildman–Crippen MR) is 76.3 cm³/mol. The van der Waals surface area contributed by atoms with E-state index in [-0.39, 0.29) is 5.41 Å². The van der Waals surface area contributed by atoms with Crippen LogP contribution in [0, 0.1) is 5.41 Å². The van der Waals surface area contributed by atoms with Gasteiger partial charge < -0.3 is 0 Å². The third-order valence-corrected chi connectivity index (χ3v) is 4.33. The van der Waals surface area contributed by atoms with Gasteiger partial charge in [0.05, 0.1) is 0 Å². The zero-order valence-electron chi connectivity index (χ0n) is 10.5. The van der Waals surface area contributed by atoms with Crippen molar-refractivity contribution in [3.05, 3.63) is 48.0 Å². The molecule has 0 saturated heterocycles. The van der Waals surface area contributed by atoms with Gasteiger partial charge in [0.2, 0.25) is 0 Å². The van der Waals surface area contributed by atoms with E-state index >= 15 is 0 Å². The molecule has 0 aromatic heterocycles. The average molecular weight is 281 g/mol. The molecular weight excluding hydrogens is 260 g/mol. The van der Waals surface area contributed by atoms with Gasteiger partial charge in [0, 0.05) is 5.33 Å². The molecule has 0 fully saturated rings. The van der Waals surface area contributed by atoms with Crippen LogP contribution in [0.5, 0.6) is 0 Å². The average Bonchev–Trinajstić information content (AvgIpc) is 2.29. The molecule has 0 N–H and O–H groups in total. The maximum atomic E-state index is 3.92. The standard InChI is InChI=1S/C15H21Br/c1-5-15(4,11-16)10-13-6-8-14(9-7-13)12(2)3/h5-9,12H,1,10-11H2,2-4H3. The molecule has 0 amide bonds. The Morgan fingerprint density at radius 1 is 1.31 bits per heavy atom. The van der Waals surface area contributed by atoms with E-state index in [4.69, 9.17) is 0 Å². The maximum absolute atomic E-state index is 3.92. The lowest BCUT2D eigenvalue weighted by Crippen LogP contribution is -2.18. The Morgan fingerprint density at radius 3 is 2.25 bits per heavy atom. The second kappa shape index (κ2) is 5.67. The fraction of sp³-hybridized carbons (Fsp3) is 0.467. The van der Waals surface area contributed by atoms with Crippen LogP contribution < -0.4 is 0 Å². The van der Waals surface area contributed by atoms with Crippen LogP contribution in [0.25, 0.3) is 0 Å². The Balaban J connectivity index is 2.79. The number of allylic oxidation sites excluding steroid dienone is 1. The van der Waals surface area contributed by atoms with Gasteiger partial charge in [-0.1, -0.05) is 67.0 Å². The topological polar surface area (TPSA) is 0 Å². The van der Waals surface area contributed by atoms with E-state index in [0.29, 0.717) is 5.92 Å². The minimum atomic E-state index is 0.152. The van der Waals surface area contributed by atoms with Gasteiger partial charge in [0.25, 0.3) is 0 Å². The highest BCUT2D eigenvalue weighted by Gasteiger charge is 2.18. The molecule has 0 aliphatic rings. The van der Waals surface area contributed by atoms with Gasteiger partial charge in [0.1, 0.15) is 0 Å². The van der Waals surface area contributed by atoms with E-state index in [9.17, 15) is 0 Å². The van der Waals surface area contributed by atoms with Crippen molar-refractivity contribution in [1.29, 1.82) is 0 Å². The van der Waals surface area contributed by atoms with Crippen LogP contribution in [-0.2, 0) is 6.42 Å². The lowest BCUT2D eigenvalue weighted by atomic mass is 9.85. The summed E-state index contributed by atoms with van der Waals surface area (Å²) in [6, 6.07) is 8.94. The molecule has 0 radical (unpaired) electrons. The third kappa shape index (κ3) is 3.48. The Morgan fingerprint density at radius 2 is 1.88 bits per heavy atom. The van der Waals surface area contributed by atoms with Gasteiger partial charge in [0.15, 0.2) is 0 Å². The van der Waals surface area contributed by atoms with Crippen molar-refractivity contribution >= 4 is 15.9 Å². The molecule has 1 rings (SSSR count). The number of alkyl halides is 1. The van der Waals surface area contributed by atoms with Crippen LogP contribution in [0.3, 0.4) is 0 Å². The number of hydrogen-bond donors (Lipinski definition) is 0. The van der Waals surface area contributed by atoms with Crippen molar-refractivity contribution in [3.63, 3.8) is 0 Å². The number of benzene rings is 1. The molecule has 0 spiro atoms. The molecule has 0 saturated carbocycles. The van der Waals surface area contributed by atoms with Gasteiger partial charge in [-0.25, -0.2) is 0 Å². The quantitative estimate of drug-likeness (QED) is 0.529. The molecule has 1 aromatic carbocycles. The highest BCUT2D eigenvalue weighted by Crippen LogP contribution is 2.27. The summed E-state index contributed by atoms with van der Waals surface area (Å²) in [6.45, 7) is 10.6. The minimum absolute atomic E-state index is 0.152. The smallest absolute Gasteiger partial charge is 0.0123 e. The van der Waals surface area contributed by atoms with Crippen molar-refractivity contribution in [2.45, 2.75) is 33.1 Å². The molecule has 0 heterocycles. The molecule has 0 bridgehead atoms. The second-order valence-corrected chi connectivity index (χ2v) is 5.63. The molecule has 16 heavy (non-hydrogen) atoms. The van der Waals surface area contributed by atoms with Crippen molar-refractivity contribution < 1.29 is 0 Å². The molecule has 0 aliphatic carbocycles. The summed E-state index contributed by atoms with van der Waals surface area (Å²) < 4.78 is 0. The van der Waals surface area contributed by atoms with Gasteiger partial charge in [-0.2, -0.15) is 0 Å².